The van der Waals surface area contributed by atoms with E-state index in [1.54, 1.807) is 12.1 Å². The van der Waals surface area contributed by atoms with Crippen molar-refractivity contribution in [3.63, 3.8) is 0 Å². The Morgan fingerprint density at radius 3 is 2.33 bits per heavy atom. The highest BCUT2D eigenvalue weighted by atomic mass is 32.2. The third-order valence-electron chi connectivity index (χ3n) is 4.30. The van der Waals surface area contributed by atoms with Crippen molar-refractivity contribution in [1.29, 1.82) is 0 Å². The maximum absolute atomic E-state index is 12.5. The van der Waals surface area contributed by atoms with Crippen LogP contribution in [0.5, 0.6) is 0 Å². The summed E-state index contributed by atoms with van der Waals surface area (Å²) in [6, 6.07) is 8.01. The van der Waals surface area contributed by atoms with Crippen molar-refractivity contribution in [2.24, 2.45) is 0 Å². The molecule has 2 N–H and O–H groups in total. The lowest BCUT2D eigenvalue weighted by atomic mass is 10.0. The van der Waals surface area contributed by atoms with E-state index in [-0.39, 0.29) is 6.04 Å². The second kappa shape index (κ2) is 5.94. The zero-order chi connectivity index (χ0) is 14.9. The Labute approximate surface area is 126 Å². The number of hydrogen-bond donors (Lipinski definition) is 2. The van der Waals surface area contributed by atoms with Crippen LogP contribution in [-0.2, 0) is 10.0 Å². The fraction of sp³-hybridized carbons (Fsp3) is 0.600. The van der Waals surface area contributed by atoms with Crippen molar-refractivity contribution in [3.8, 4) is 0 Å². The van der Waals surface area contributed by atoms with Crippen molar-refractivity contribution in [2.45, 2.75) is 42.7 Å². The molecule has 6 heteroatoms. The van der Waals surface area contributed by atoms with Crippen LogP contribution in [0.4, 0.5) is 5.69 Å². The Hall–Kier alpha value is -1.11. The molecule has 0 unspecified atom stereocenters. The van der Waals surface area contributed by atoms with Crippen molar-refractivity contribution >= 4 is 15.7 Å². The van der Waals surface area contributed by atoms with Gasteiger partial charge in [-0.15, -0.1) is 0 Å². The minimum absolute atomic E-state index is 0.137. The maximum atomic E-state index is 12.5. The molecule has 2 aliphatic rings. The Morgan fingerprint density at radius 1 is 1.05 bits per heavy atom. The molecule has 5 nitrogen and oxygen atoms in total. The topological polar surface area (TPSA) is 61.4 Å². The standard InChI is InChI=1S/C15H23N3O2S/c1-16-12-8-10-18(11-9-12)14-4-2-3-5-15(14)21(19,20)17-13-6-7-13/h2-5,12-13,16-17H,6-11H2,1H3. The van der Waals surface area contributed by atoms with Crippen LogP contribution in [0.1, 0.15) is 25.7 Å². The first-order valence-electron chi connectivity index (χ1n) is 7.64. The molecule has 1 aromatic carbocycles. The molecule has 116 valence electrons. The quantitative estimate of drug-likeness (QED) is 0.861. The number of para-hydroxylation sites is 1. The minimum atomic E-state index is -3.40. The van der Waals surface area contributed by atoms with Crippen LogP contribution in [0.3, 0.4) is 0 Å². The molecular formula is C15H23N3O2S. The molecule has 0 bridgehead atoms. The molecule has 0 atom stereocenters. The van der Waals surface area contributed by atoms with Crippen LogP contribution < -0.4 is 14.9 Å². The van der Waals surface area contributed by atoms with Gasteiger partial charge in [0, 0.05) is 25.2 Å². The molecule has 1 saturated heterocycles. The van der Waals surface area contributed by atoms with E-state index < -0.39 is 10.0 Å². The Morgan fingerprint density at radius 2 is 1.71 bits per heavy atom. The van der Waals surface area contributed by atoms with Crippen molar-refractivity contribution < 1.29 is 8.42 Å². The van der Waals surface area contributed by atoms with Gasteiger partial charge < -0.3 is 10.2 Å². The second-order valence-corrected chi connectivity index (χ2v) is 7.60. The molecule has 0 aromatic heterocycles. The number of nitrogens with zero attached hydrogens (tertiary/aromatic N) is 1. The Balaban J connectivity index is 1.82. The molecule has 1 aliphatic heterocycles. The lowest BCUT2D eigenvalue weighted by molar-refractivity contribution is 0.441. The molecule has 1 aromatic rings. The smallest absolute Gasteiger partial charge is 0.242 e. The van der Waals surface area contributed by atoms with Crippen molar-refractivity contribution in [3.05, 3.63) is 24.3 Å². The van der Waals surface area contributed by atoms with Crippen LogP contribution in [0.2, 0.25) is 0 Å². The molecule has 21 heavy (non-hydrogen) atoms. The first kappa shape index (κ1) is 14.8. The maximum Gasteiger partial charge on any atom is 0.242 e. The van der Waals surface area contributed by atoms with E-state index in [0.29, 0.717) is 10.9 Å². The van der Waals surface area contributed by atoms with Crippen molar-refractivity contribution in [1.82, 2.24) is 10.0 Å². The third-order valence-corrected chi connectivity index (χ3v) is 5.87. The first-order valence-corrected chi connectivity index (χ1v) is 9.12. The molecule has 1 saturated carbocycles. The highest BCUT2D eigenvalue weighted by molar-refractivity contribution is 7.89. The van der Waals surface area contributed by atoms with Gasteiger partial charge in [0.15, 0.2) is 0 Å². The third kappa shape index (κ3) is 3.39. The molecule has 3 rings (SSSR count). The SMILES string of the molecule is CNC1CCN(c2ccccc2S(=O)(=O)NC2CC2)CC1. The van der Waals surface area contributed by atoms with E-state index >= 15 is 0 Å². The summed E-state index contributed by atoms with van der Waals surface area (Å²) in [5.74, 6) is 0. The Bertz CT molecular complexity index is 591. The zero-order valence-corrected chi connectivity index (χ0v) is 13.2. The predicted octanol–water partition coefficient (Wildman–Crippen LogP) is 1.32. The van der Waals surface area contributed by atoms with E-state index in [0.717, 1.165) is 44.5 Å². The lowest BCUT2D eigenvalue weighted by Crippen LogP contribution is -2.42. The number of nitrogens with one attached hydrogen (secondary N) is 2. The van der Waals surface area contributed by atoms with Crippen molar-refractivity contribution in [2.75, 3.05) is 25.0 Å². The number of hydrogen-bond acceptors (Lipinski definition) is 4. The van der Waals surface area contributed by atoms with Gasteiger partial charge in [-0.25, -0.2) is 13.1 Å². The van der Waals surface area contributed by atoms with Gasteiger partial charge in [-0.1, -0.05) is 12.1 Å². The summed E-state index contributed by atoms with van der Waals surface area (Å²) >= 11 is 0. The van der Waals surface area contributed by atoms with Gasteiger partial charge in [0.25, 0.3) is 0 Å². The number of anilines is 1. The fourth-order valence-corrected chi connectivity index (χ4v) is 4.37. The molecule has 0 radical (unpaired) electrons. The fourth-order valence-electron chi connectivity index (χ4n) is 2.84. The number of piperidine rings is 1. The van der Waals surface area contributed by atoms with Gasteiger partial charge in [0.1, 0.15) is 4.90 Å². The average molecular weight is 309 g/mol. The average Bonchev–Trinajstić information content (AvgIpc) is 3.31. The molecule has 2 fully saturated rings. The van der Waals surface area contributed by atoms with Crippen LogP contribution in [0.25, 0.3) is 0 Å². The summed E-state index contributed by atoms with van der Waals surface area (Å²) in [7, 11) is -1.42. The Kier molecular flexibility index (Phi) is 4.19. The molecule has 1 heterocycles. The molecular weight excluding hydrogens is 286 g/mol. The summed E-state index contributed by atoms with van der Waals surface area (Å²) in [4.78, 5) is 2.61. The molecule has 1 aliphatic carbocycles. The zero-order valence-electron chi connectivity index (χ0n) is 12.4. The van der Waals surface area contributed by atoms with E-state index in [1.165, 1.54) is 0 Å². The van der Waals surface area contributed by atoms with Crippen LogP contribution in [-0.4, -0.2) is 40.6 Å². The van der Waals surface area contributed by atoms with Crippen LogP contribution >= 0.6 is 0 Å². The monoisotopic (exact) mass is 309 g/mol. The highest BCUT2D eigenvalue weighted by Gasteiger charge is 2.30. The molecule has 0 spiro atoms. The first-order chi connectivity index (χ1) is 10.1. The number of benzene rings is 1. The van der Waals surface area contributed by atoms with Gasteiger partial charge in [0.05, 0.1) is 5.69 Å². The second-order valence-electron chi connectivity index (χ2n) is 5.91. The van der Waals surface area contributed by atoms with Gasteiger partial charge in [-0.05, 0) is 44.9 Å². The van der Waals surface area contributed by atoms with Gasteiger partial charge in [0.2, 0.25) is 10.0 Å². The summed E-state index contributed by atoms with van der Waals surface area (Å²) in [5.41, 5.74) is 0.834. The van der Waals surface area contributed by atoms with Gasteiger partial charge in [-0.3, -0.25) is 0 Å². The lowest BCUT2D eigenvalue weighted by Gasteiger charge is -2.34. The minimum Gasteiger partial charge on any atom is -0.370 e. The number of sulfonamides is 1. The van der Waals surface area contributed by atoms with E-state index in [2.05, 4.69) is 14.9 Å². The summed E-state index contributed by atoms with van der Waals surface area (Å²) in [6.45, 7) is 1.78. The van der Waals surface area contributed by atoms with E-state index in [1.807, 2.05) is 19.2 Å². The van der Waals surface area contributed by atoms with E-state index in [4.69, 9.17) is 0 Å². The largest absolute Gasteiger partial charge is 0.370 e. The van der Waals surface area contributed by atoms with Gasteiger partial charge >= 0.3 is 0 Å². The van der Waals surface area contributed by atoms with Crippen LogP contribution in [0, 0.1) is 0 Å². The highest BCUT2D eigenvalue weighted by Crippen LogP contribution is 2.29. The van der Waals surface area contributed by atoms with E-state index in [9.17, 15) is 8.42 Å². The normalized spacial score (nSPS) is 20.7. The summed E-state index contributed by atoms with van der Waals surface area (Å²) < 4.78 is 27.8. The molecule has 0 amide bonds. The van der Waals surface area contributed by atoms with Gasteiger partial charge in [-0.2, -0.15) is 0 Å². The summed E-state index contributed by atoms with van der Waals surface area (Å²) in [5, 5.41) is 3.30. The van der Waals surface area contributed by atoms with Crippen LogP contribution in [0.15, 0.2) is 29.2 Å². The summed E-state index contributed by atoms with van der Waals surface area (Å²) in [6.07, 6.45) is 3.99. The predicted molar refractivity (Wildman–Crippen MR) is 84.1 cm³/mol. The number of rotatable bonds is 5.